The first-order chi connectivity index (χ1) is 25.6. The smallest absolute Gasteiger partial charge is 0.326 e. The van der Waals surface area contributed by atoms with E-state index in [-0.39, 0.29) is 42.1 Å². The molecule has 12 heteroatoms. The van der Waals surface area contributed by atoms with E-state index >= 15 is 0 Å². The number of aliphatic hydroxyl groups excluding tert-OH is 1. The molecule has 5 aromatic rings. The number of pyridine rings is 2. The number of nitrogens with two attached hydrogens (primary N) is 1. The van der Waals surface area contributed by atoms with Crippen molar-refractivity contribution in [1.29, 1.82) is 5.26 Å². The topological polar surface area (TPSA) is 164 Å². The Morgan fingerprint density at radius 3 is 2.60 bits per heavy atom. The molecule has 0 saturated heterocycles. The number of halogens is 2. The molecule has 2 heterocycles. The van der Waals surface area contributed by atoms with E-state index in [1.165, 1.54) is 24.2 Å². The molecule has 10 nitrogen and oxygen atoms in total. The molecule has 0 radical (unpaired) electrons. The fourth-order valence-electron chi connectivity index (χ4n) is 7.01. The third kappa shape index (κ3) is 7.45. The predicted octanol–water partition coefficient (Wildman–Crippen LogP) is 6.99. The fraction of sp³-hybridized carbons (Fsp3) is 0.268. The second-order valence-corrected chi connectivity index (χ2v) is 14.5. The third-order valence-electron chi connectivity index (χ3n) is 9.98. The van der Waals surface area contributed by atoms with Crippen LogP contribution in [0.4, 0.5) is 0 Å². The Morgan fingerprint density at radius 1 is 1.04 bits per heavy atom. The van der Waals surface area contributed by atoms with Crippen molar-refractivity contribution in [2.45, 2.75) is 63.4 Å². The van der Waals surface area contributed by atoms with Gasteiger partial charge in [-0.2, -0.15) is 10.2 Å². The number of carbonyl (C=O) groups is 1. The molecule has 270 valence electrons. The Bertz CT molecular complexity index is 2260. The second-order valence-electron chi connectivity index (χ2n) is 13.7. The Balaban J connectivity index is 1.17. The third-order valence-corrected chi connectivity index (χ3v) is 10.7. The largest absolute Gasteiger partial charge is 0.480 e. The van der Waals surface area contributed by atoms with Gasteiger partial charge in [0.25, 0.3) is 0 Å². The van der Waals surface area contributed by atoms with Crippen molar-refractivity contribution in [2.24, 2.45) is 5.73 Å². The van der Waals surface area contributed by atoms with Crippen LogP contribution in [0.15, 0.2) is 79.1 Å². The van der Waals surface area contributed by atoms with Crippen molar-refractivity contribution in [2.75, 3.05) is 6.61 Å². The Hall–Kier alpha value is -5.02. The van der Waals surface area contributed by atoms with Crippen LogP contribution < -0.4 is 20.5 Å². The van der Waals surface area contributed by atoms with Gasteiger partial charge in [-0.05, 0) is 78.1 Å². The first kappa shape index (κ1) is 36.3. The summed E-state index contributed by atoms with van der Waals surface area (Å²) in [4.78, 5) is 20.6. The number of carboxylic acid groups (broad SMARTS) is 1. The summed E-state index contributed by atoms with van der Waals surface area (Å²) in [6.45, 7) is 0.722. The number of aliphatic hydroxyl groups is 1. The van der Waals surface area contributed by atoms with Gasteiger partial charge in [-0.25, -0.2) is 0 Å². The van der Waals surface area contributed by atoms with Gasteiger partial charge in [-0.3, -0.25) is 15.1 Å². The Kier molecular flexibility index (Phi) is 10.4. The van der Waals surface area contributed by atoms with Crippen LogP contribution in [0.5, 0.6) is 11.8 Å². The van der Waals surface area contributed by atoms with Gasteiger partial charge in [0.05, 0.1) is 17.2 Å². The Morgan fingerprint density at radius 2 is 1.81 bits per heavy atom. The molecule has 0 spiro atoms. The molecule has 3 atom stereocenters. The molecule has 2 aromatic heterocycles. The summed E-state index contributed by atoms with van der Waals surface area (Å²) in [5.74, 6) is -0.923. The van der Waals surface area contributed by atoms with Gasteiger partial charge in [0, 0.05) is 47.2 Å². The first-order valence-electron chi connectivity index (χ1n) is 17.3. The first-order valence-corrected chi connectivity index (χ1v) is 18.0. The molecule has 2 aliphatic rings. The number of aliphatic carboxylic acids is 1. The average molecular weight is 751 g/mol. The number of nitrogens with one attached hydrogen (secondary N) is 1. The van der Waals surface area contributed by atoms with Crippen molar-refractivity contribution in [3.05, 3.63) is 128 Å². The minimum atomic E-state index is -1.62. The summed E-state index contributed by atoms with van der Waals surface area (Å²) in [6, 6.07) is 24.2. The van der Waals surface area contributed by atoms with Gasteiger partial charge >= 0.3 is 5.97 Å². The highest BCUT2D eigenvalue weighted by Crippen LogP contribution is 2.45. The number of rotatable bonds is 12. The lowest BCUT2D eigenvalue weighted by atomic mass is 9.93. The fourth-order valence-corrected chi connectivity index (χ4v) is 7.56. The number of aromatic nitrogens is 2. The summed E-state index contributed by atoms with van der Waals surface area (Å²) in [6.07, 6.45) is 5.84. The van der Waals surface area contributed by atoms with Crippen LogP contribution in [0.1, 0.15) is 58.4 Å². The molecule has 0 bridgehead atoms. The molecule has 0 amide bonds. The molecular weight excluding hydrogens is 713 g/mol. The number of carboxylic acids is 1. The lowest BCUT2D eigenvalue weighted by Gasteiger charge is -2.24. The van der Waals surface area contributed by atoms with E-state index in [4.69, 9.17) is 38.4 Å². The maximum Gasteiger partial charge on any atom is 0.326 e. The lowest BCUT2D eigenvalue weighted by Crippen LogP contribution is -2.52. The van der Waals surface area contributed by atoms with E-state index in [9.17, 15) is 20.3 Å². The van der Waals surface area contributed by atoms with Gasteiger partial charge in [0.1, 0.15) is 29.3 Å². The predicted molar refractivity (Wildman–Crippen MR) is 202 cm³/mol. The van der Waals surface area contributed by atoms with E-state index in [1.807, 2.05) is 30.3 Å². The van der Waals surface area contributed by atoms with Gasteiger partial charge in [-0.1, -0.05) is 77.8 Å². The molecule has 53 heavy (non-hydrogen) atoms. The monoisotopic (exact) mass is 749 g/mol. The van der Waals surface area contributed by atoms with Crippen LogP contribution in [-0.4, -0.2) is 44.3 Å². The Labute approximate surface area is 317 Å². The van der Waals surface area contributed by atoms with E-state index < -0.39 is 18.1 Å². The van der Waals surface area contributed by atoms with Gasteiger partial charge in [0.15, 0.2) is 0 Å². The normalized spacial score (nSPS) is 17.1. The minimum absolute atomic E-state index is 0.0221. The van der Waals surface area contributed by atoms with E-state index in [2.05, 4.69) is 45.6 Å². The highest BCUT2D eigenvalue weighted by atomic mass is 35.5. The van der Waals surface area contributed by atoms with Crippen LogP contribution in [0, 0.1) is 11.3 Å². The van der Waals surface area contributed by atoms with Gasteiger partial charge in [0.2, 0.25) is 11.8 Å². The summed E-state index contributed by atoms with van der Waals surface area (Å²) in [5.41, 5.74) is 14.8. The number of nitrogens with zero attached hydrogens (tertiary/aromatic N) is 3. The van der Waals surface area contributed by atoms with E-state index in [0.29, 0.717) is 28.1 Å². The van der Waals surface area contributed by atoms with Crippen molar-refractivity contribution in [3.63, 3.8) is 0 Å². The number of ether oxygens (including phenoxy) is 2. The highest BCUT2D eigenvalue weighted by molar-refractivity contribution is 6.36. The zero-order valence-corrected chi connectivity index (χ0v) is 30.4. The van der Waals surface area contributed by atoms with Crippen molar-refractivity contribution in [1.82, 2.24) is 15.3 Å². The quantitative estimate of drug-likeness (QED) is 0.105. The van der Waals surface area contributed by atoms with Crippen LogP contribution in [0.25, 0.3) is 22.3 Å². The molecule has 3 aromatic carbocycles. The van der Waals surface area contributed by atoms with E-state index in [0.717, 1.165) is 52.6 Å². The van der Waals surface area contributed by atoms with Gasteiger partial charge in [-0.15, -0.1) is 0 Å². The molecule has 0 saturated carbocycles. The van der Waals surface area contributed by atoms with Crippen LogP contribution in [-0.2, 0) is 37.2 Å². The minimum Gasteiger partial charge on any atom is -0.480 e. The molecule has 7 rings (SSSR count). The van der Waals surface area contributed by atoms with Crippen LogP contribution >= 0.6 is 23.2 Å². The van der Waals surface area contributed by atoms with Gasteiger partial charge < -0.3 is 25.4 Å². The number of hydrogen-bond acceptors (Lipinski definition) is 9. The average Bonchev–Trinajstić information content (AvgIpc) is 3.76. The molecule has 5 N–H and O–H groups in total. The summed E-state index contributed by atoms with van der Waals surface area (Å²) < 4.78 is 12.6. The molecule has 2 aliphatic carbocycles. The van der Waals surface area contributed by atoms with Crippen molar-refractivity contribution >= 4 is 29.2 Å². The molecule has 1 unspecified atom stereocenters. The molecular formula is C41H37Cl2N5O5. The number of benzene rings is 3. The van der Waals surface area contributed by atoms with Crippen molar-refractivity contribution in [3.8, 4) is 40.1 Å². The maximum absolute atomic E-state index is 11.8. The second kappa shape index (κ2) is 15.1. The van der Waals surface area contributed by atoms with Crippen LogP contribution in [0.2, 0.25) is 10.0 Å². The molecule has 0 aliphatic heterocycles. The van der Waals surface area contributed by atoms with Crippen molar-refractivity contribution < 1.29 is 24.5 Å². The highest BCUT2D eigenvalue weighted by Gasteiger charge is 2.33. The summed E-state index contributed by atoms with van der Waals surface area (Å²) in [5, 5.41) is 32.5. The standard InChI is InChI=1S/C41H37Cl2N5O5/c1-41(22-49,40(50)51)47-20-28-16-35(42)39(48-38(28)52-21-24-12-23(17-44)18-46-19-24)53-36-11-10-32-31(5-3-6-33(32)36)34-7-2-4-30(37(34)43)26-9-8-25-14-29(45)15-27(25)13-26/h2-9,12-13,16,18-19,29,36,47,49H,10-11,14-15,20-22,45H2,1H3,(H,50,51)/t29?,36-,41-/m0/s1. The van der Waals surface area contributed by atoms with E-state index in [1.54, 1.807) is 18.3 Å². The SMILES string of the molecule is C[C@@](CO)(NCc1cc(Cl)c(O[C@H]2CCc3c(-c4cccc(-c5ccc6c(c5)CC(N)C6)c4Cl)cccc32)nc1OCc1cncc(C#N)c1)C(=O)O. The van der Waals surface area contributed by atoms with Crippen LogP contribution in [0.3, 0.4) is 0 Å². The number of nitriles is 1. The summed E-state index contributed by atoms with van der Waals surface area (Å²) in [7, 11) is 0. The molecule has 0 fully saturated rings. The number of hydrogen-bond donors (Lipinski definition) is 4. The zero-order valence-electron chi connectivity index (χ0n) is 28.9. The zero-order chi connectivity index (χ0) is 37.3. The lowest BCUT2D eigenvalue weighted by molar-refractivity contribution is -0.145. The maximum atomic E-state index is 11.8. The number of fused-ring (bicyclic) bond motifs is 2. The summed E-state index contributed by atoms with van der Waals surface area (Å²) >= 11 is 14.0.